The van der Waals surface area contributed by atoms with Crippen molar-refractivity contribution in [1.29, 1.82) is 0 Å². The number of methoxy groups -OCH3 is 1. The summed E-state index contributed by atoms with van der Waals surface area (Å²) in [6.45, 7) is 2.53. The summed E-state index contributed by atoms with van der Waals surface area (Å²) >= 11 is 0. The smallest absolute Gasteiger partial charge is 0.224 e. The Balaban J connectivity index is 2.39. The molecule has 0 fully saturated rings. The Morgan fingerprint density at radius 3 is 2.59 bits per heavy atom. The predicted molar refractivity (Wildman–Crippen MR) is 68.0 cm³/mol. The number of hydrogen-bond acceptors (Lipinski definition) is 3. The Hall–Kier alpha value is -1.55. The highest BCUT2D eigenvalue weighted by atomic mass is 16.5. The summed E-state index contributed by atoms with van der Waals surface area (Å²) in [5.74, 6) is 0.793. The minimum Gasteiger partial charge on any atom is -0.497 e. The molecule has 3 N–H and O–H groups in total. The average Bonchev–Trinajstić information content (AvgIpc) is 2.36. The molecule has 0 bridgehead atoms. The van der Waals surface area contributed by atoms with Gasteiger partial charge in [0.05, 0.1) is 13.5 Å². The molecule has 1 rings (SSSR count). The molecule has 0 saturated heterocycles. The first-order valence-electron chi connectivity index (χ1n) is 5.81. The zero-order valence-electron chi connectivity index (χ0n) is 10.4. The second-order valence-corrected chi connectivity index (χ2v) is 4.00. The highest BCUT2D eigenvalue weighted by Gasteiger charge is 2.05. The van der Waals surface area contributed by atoms with Crippen LogP contribution in [0.4, 0.5) is 0 Å². The number of carbonyl (C=O) groups excluding carboxylic acids is 1. The molecule has 0 aliphatic carbocycles. The Kier molecular flexibility index (Phi) is 5.49. The fraction of sp³-hybridized carbons (Fsp3) is 0.462. The van der Waals surface area contributed by atoms with E-state index in [0.29, 0.717) is 13.0 Å². The van der Waals surface area contributed by atoms with Crippen molar-refractivity contribution in [2.75, 3.05) is 13.7 Å². The number of benzene rings is 1. The summed E-state index contributed by atoms with van der Waals surface area (Å²) in [4.78, 5) is 11.6. The van der Waals surface area contributed by atoms with Crippen LogP contribution < -0.4 is 15.8 Å². The molecule has 1 aromatic rings. The van der Waals surface area contributed by atoms with E-state index in [1.807, 2.05) is 31.2 Å². The lowest BCUT2D eigenvalue weighted by atomic mass is 10.1. The minimum absolute atomic E-state index is 0.000864. The van der Waals surface area contributed by atoms with E-state index in [2.05, 4.69) is 5.32 Å². The molecule has 4 heteroatoms. The molecule has 0 aliphatic heterocycles. The van der Waals surface area contributed by atoms with Crippen LogP contribution in [0.3, 0.4) is 0 Å². The molecule has 0 aromatic heterocycles. The van der Waals surface area contributed by atoms with E-state index in [-0.39, 0.29) is 11.9 Å². The lowest BCUT2D eigenvalue weighted by molar-refractivity contribution is -0.120. The molecule has 1 atom stereocenters. The van der Waals surface area contributed by atoms with Crippen molar-refractivity contribution in [3.63, 3.8) is 0 Å². The molecule has 1 unspecified atom stereocenters. The van der Waals surface area contributed by atoms with E-state index in [9.17, 15) is 4.79 Å². The average molecular weight is 236 g/mol. The maximum absolute atomic E-state index is 11.6. The standard InChI is InChI=1S/C13H20N2O2/c1-3-11(14)9-15-13(16)8-10-4-6-12(17-2)7-5-10/h4-7,11H,3,8-9,14H2,1-2H3,(H,15,16). The fourth-order valence-electron chi connectivity index (χ4n) is 1.38. The Labute approximate surface area is 102 Å². The second-order valence-electron chi connectivity index (χ2n) is 4.00. The van der Waals surface area contributed by atoms with Crippen molar-refractivity contribution in [3.05, 3.63) is 29.8 Å². The molecule has 0 spiro atoms. The van der Waals surface area contributed by atoms with Crippen LogP contribution >= 0.6 is 0 Å². The SMILES string of the molecule is CCC(N)CNC(=O)Cc1ccc(OC)cc1. The van der Waals surface area contributed by atoms with Crippen molar-refractivity contribution in [3.8, 4) is 5.75 Å². The van der Waals surface area contributed by atoms with E-state index in [0.717, 1.165) is 17.7 Å². The summed E-state index contributed by atoms with van der Waals surface area (Å²) in [6, 6.07) is 7.51. The summed E-state index contributed by atoms with van der Waals surface area (Å²) < 4.78 is 5.05. The Morgan fingerprint density at radius 2 is 2.06 bits per heavy atom. The van der Waals surface area contributed by atoms with Crippen LogP contribution in [-0.2, 0) is 11.2 Å². The largest absolute Gasteiger partial charge is 0.497 e. The molecule has 0 radical (unpaired) electrons. The van der Waals surface area contributed by atoms with Crippen molar-refractivity contribution >= 4 is 5.91 Å². The van der Waals surface area contributed by atoms with E-state index in [1.54, 1.807) is 7.11 Å². The van der Waals surface area contributed by atoms with Crippen molar-refractivity contribution in [2.24, 2.45) is 5.73 Å². The van der Waals surface area contributed by atoms with Gasteiger partial charge >= 0.3 is 0 Å². The number of carbonyl (C=O) groups is 1. The molecule has 0 aliphatic rings. The Bertz CT molecular complexity index is 349. The van der Waals surface area contributed by atoms with Crippen LogP contribution in [0.5, 0.6) is 5.75 Å². The molecule has 0 saturated carbocycles. The van der Waals surface area contributed by atoms with Gasteiger partial charge in [0.2, 0.25) is 5.91 Å². The van der Waals surface area contributed by atoms with Gasteiger partial charge in [-0.2, -0.15) is 0 Å². The first-order chi connectivity index (χ1) is 8.15. The first kappa shape index (κ1) is 13.5. The zero-order valence-corrected chi connectivity index (χ0v) is 10.4. The normalized spacial score (nSPS) is 11.9. The minimum atomic E-state index is -0.000864. The van der Waals surface area contributed by atoms with Crippen LogP contribution in [0.25, 0.3) is 0 Å². The molecule has 94 valence electrons. The van der Waals surface area contributed by atoms with Gasteiger partial charge in [-0.15, -0.1) is 0 Å². The third-order valence-corrected chi connectivity index (χ3v) is 2.61. The third-order valence-electron chi connectivity index (χ3n) is 2.61. The first-order valence-corrected chi connectivity index (χ1v) is 5.81. The fourth-order valence-corrected chi connectivity index (χ4v) is 1.38. The van der Waals surface area contributed by atoms with E-state index >= 15 is 0 Å². The van der Waals surface area contributed by atoms with E-state index in [1.165, 1.54) is 0 Å². The number of ether oxygens (including phenoxy) is 1. The topological polar surface area (TPSA) is 64.3 Å². The lowest BCUT2D eigenvalue weighted by Gasteiger charge is -2.10. The second kappa shape index (κ2) is 6.91. The maximum atomic E-state index is 11.6. The molecular formula is C13H20N2O2. The van der Waals surface area contributed by atoms with Gasteiger partial charge in [-0.05, 0) is 24.1 Å². The van der Waals surface area contributed by atoms with Gasteiger partial charge in [0.1, 0.15) is 5.75 Å². The van der Waals surface area contributed by atoms with Crippen LogP contribution in [-0.4, -0.2) is 25.6 Å². The van der Waals surface area contributed by atoms with E-state index < -0.39 is 0 Å². The quantitative estimate of drug-likeness (QED) is 0.777. The van der Waals surface area contributed by atoms with Crippen molar-refractivity contribution < 1.29 is 9.53 Å². The third kappa shape index (κ3) is 4.87. The zero-order chi connectivity index (χ0) is 12.7. The molecule has 0 heterocycles. The number of amides is 1. The molecule has 1 aromatic carbocycles. The maximum Gasteiger partial charge on any atom is 0.224 e. The van der Waals surface area contributed by atoms with Gasteiger partial charge in [0.25, 0.3) is 0 Å². The van der Waals surface area contributed by atoms with E-state index in [4.69, 9.17) is 10.5 Å². The van der Waals surface area contributed by atoms with Gasteiger partial charge in [0, 0.05) is 12.6 Å². The monoisotopic (exact) mass is 236 g/mol. The van der Waals surface area contributed by atoms with Crippen LogP contribution in [0.15, 0.2) is 24.3 Å². The van der Waals surface area contributed by atoms with Gasteiger partial charge < -0.3 is 15.8 Å². The van der Waals surface area contributed by atoms with Crippen LogP contribution in [0, 0.1) is 0 Å². The number of nitrogens with one attached hydrogen (secondary N) is 1. The van der Waals surface area contributed by atoms with Gasteiger partial charge in [0.15, 0.2) is 0 Å². The van der Waals surface area contributed by atoms with Gasteiger partial charge in [-0.25, -0.2) is 0 Å². The predicted octanol–water partition coefficient (Wildman–Crippen LogP) is 1.09. The summed E-state index contributed by atoms with van der Waals surface area (Å²) in [5, 5.41) is 2.82. The number of nitrogens with two attached hydrogens (primary N) is 1. The summed E-state index contributed by atoms with van der Waals surface area (Å²) in [7, 11) is 1.62. The Morgan fingerprint density at radius 1 is 1.41 bits per heavy atom. The van der Waals surface area contributed by atoms with Gasteiger partial charge in [-0.3, -0.25) is 4.79 Å². The highest BCUT2D eigenvalue weighted by Crippen LogP contribution is 2.11. The van der Waals surface area contributed by atoms with Crippen molar-refractivity contribution in [1.82, 2.24) is 5.32 Å². The molecule has 17 heavy (non-hydrogen) atoms. The van der Waals surface area contributed by atoms with Crippen molar-refractivity contribution in [2.45, 2.75) is 25.8 Å². The molecule has 1 amide bonds. The number of rotatable bonds is 6. The van der Waals surface area contributed by atoms with Crippen LogP contribution in [0.1, 0.15) is 18.9 Å². The van der Waals surface area contributed by atoms with Crippen LogP contribution in [0.2, 0.25) is 0 Å². The molecular weight excluding hydrogens is 216 g/mol. The number of hydrogen-bond donors (Lipinski definition) is 2. The lowest BCUT2D eigenvalue weighted by Crippen LogP contribution is -2.37. The summed E-state index contributed by atoms with van der Waals surface area (Å²) in [5.41, 5.74) is 6.69. The summed E-state index contributed by atoms with van der Waals surface area (Å²) in [6.07, 6.45) is 1.24. The van der Waals surface area contributed by atoms with Gasteiger partial charge in [-0.1, -0.05) is 19.1 Å². The molecule has 4 nitrogen and oxygen atoms in total. The highest BCUT2D eigenvalue weighted by molar-refractivity contribution is 5.78.